The van der Waals surface area contributed by atoms with Crippen LogP contribution in [0.3, 0.4) is 0 Å². The summed E-state index contributed by atoms with van der Waals surface area (Å²) in [4.78, 5) is 0. The molecule has 2 heteroatoms. The van der Waals surface area contributed by atoms with Gasteiger partial charge in [0, 0.05) is 12.6 Å². The van der Waals surface area contributed by atoms with Crippen molar-refractivity contribution in [3.05, 3.63) is 91.0 Å². The predicted molar refractivity (Wildman–Crippen MR) is 125 cm³/mol. The van der Waals surface area contributed by atoms with Crippen LogP contribution in [0, 0.1) is 0 Å². The summed E-state index contributed by atoms with van der Waals surface area (Å²) in [5.74, 6) is 0. The molecule has 144 valence electrons. The lowest BCUT2D eigenvalue weighted by atomic mass is 9.96. The van der Waals surface area contributed by atoms with Gasteiger partial charge in [-0.05, 0) is 49.2 Å². The van der Waals surface area contributed by atoms with Crippen molar-refractivity contribution in [2.24, 2.45) is 0 Å². The van der Waals surface area contributed by atoms with Gasteiger partial charge in [-0.2, -0.15) is 0 Å². The highest BCUT2D eigenvalue weighted by Gasteiger charge is 2.44. The molecule has 0 heterocycles. The fourth-order valence-corrected chi connectivity index (χ4v) is 8.80. The fourth-order valence-electron chi connectivity index (χ4n) is 4.63. The molecule has 0 amide bonds. The highest BCUT2D eigenvalue weighted by atomic mass is 31.2. The van der Waals surface area contributed by atoms with E-state index in [1.54, 1.807) is 0 Å². The molecule has 0 bridgehead atoms. The number of benzene rings is 3. The molecule has 3 aromatic rings. The minimum absolute atomic E-state index is 0.706. The Balaban J connectivity index is 1.72. The lowest BCUT2D eigenvalue weighted by molar-refractivity contribution is 0.381. The lowest BCUT2D eigenvalue weighted by Gasteiger charge is -2.29. The molecule has 3 aromatic carbocycles. The Kier molecular flexibility index (Phi) is 6.57. The summed E-state index contributed by atoms with van der Waals surface area (Å²) in [7, 11) is -1.68. The van der Waals surface area contributed by atoms with Crippen LogP contribution >= 0.6 is 7.26 Å². The van der Waals surface area contributed by atoms with Crippen LogP contribution in [0.25, 0.3) is 0 Å². The zero-order valence-corrected chi connectivity index (χ0v) is 17.5. The third-order valence-corrected chi connectivity index (χ3v) is 10.5. The maximum atomic E-state index is 3.91. The molecule has 1 aliphatic rings. The first-order valence-electron chi connectivity index (χ1n) is 10.7. The summed E-state index contributed by atoms with van der Waals surface area (Å²) in [6.07, 6.45) is 8.03. The highest BCUT2D eigenvalue weighted by molar-refractivity contribution is 7.95. The second kappa shape index (κ2) is 9.50. The Hall–Kier alpha value is -1.95. The molecule has 1 fully saturated rings. The largest absolute Gasteiger partial charge is 0.310 e. The third-order valence-electron chi connectivity index (χ3n) is 6.08. The van der Waals surface area contributed by atoms with Crippen LogP contribution in [0.15, 0.2) is 91.0 Å². The SMILES string of the molecule is c1ccc([P+](CCNC2CCCCC2)(c2ccccc2)c2ccccc2)cc1. The molecule has 0 radical (unpaired) electrons. The second-order valence-corrected chi connectivity index (χ2v) is 11.4. The van der Waals surface area contributed by atoms with Crippen molar-refractivity contribution in [2.45, 2.75) is 38.1 Å². The van der Waals surface area contributed by atoms with E-state index in [0.29, 0.717) is 6.04 Å². The van der Waals surface area contributed by atoms with E-state index in [-0.39, 0.29) is 0 Å². The minimum Gasteiger partial charge on any atom is -0.310 e. The van der Waals surface area contributed by atoms with Crippen molar-refractivity contribution >= 4 is 23.2 Å². The van der Waals surface area contributed by atoms with Crippen molar-refractivity contribution in [3.8, 4) is 0 Å². The van der Waals surface area contributed by atoms with Gasteiger partial charge < -0.3 is 5.32 Å². The Morgan fingerprint density at radius 2 is 1.04 bits per heavy atom. The fraction of sp³-hybridized carbons (Fsp3) is 0.308. The number of hydrogen-bond acceptors (Lipinski definition) is 1. The third kappa shape index (κ3) is 4.22. The molecular weight excluding hydrogens is 357 g/mol. The van der Waals surface area contributed by atoms with Gasteiger partial charge in [-0.15, -0.1) is 0 Å². The standard InChI is InChI=1S/C26H31NP/c1-5-13-23(14-6-1)27-21-22-28(24-15-7-2-8-16-24,25-17-9-3-10-18-25)26-19-11-4-12-20-26/h2-4,7-12,15-20,23,27H,1,5-6,13-14,21-22H2/q+1. The number of hydrogen-bond donors (Lipinski definition) is 1. The van der Waals surface area contributed by atoms with E-state index in [1.165, 1.54) is 54.2 Å². The Morgan fingerprint density at radius 3 is 1.46 bits per heavy atom. The van der Waals surface area contributed by atoms with E-state index in [1.807, 2.05) is 0 Å². The average Bonchev–Trinajstić information content (AvgIpc) is 2.79. The van der Waals surface area contributed by atoms with Crippen LogP contribution in [-0.4, -0.2) is 18.7 Å². The Labute approximate surface area is 170 Å². The molecule has 0 spiro atoms. The van der Waals surface area contributed by atoms with Crippen LogP contribution in [0.4, 0.5) is 0 Å². The quantitative estimate of drug-likeness (QED) is 0.568. The zero-order chi connectivity index (χ0) is 19.1. The molecule has 1 aliphatic carbocycles. The van der Waals surface area contributed by atoms with Crippen LogP contribution in [-0.2, 0) is 0 Å². The number of nitrogens with one attached hydrogen (secondary N) is 1. The average molecular weight is 389 g/mol. The normalized spacial score (nSPS) is 15.4. The summed E-state index contributed by atoms with van der Waals surface area (Å²) >= 11 is 0. The van der Waals surface area contributed by atoms with Crippen molar-refractivity contribution in [3.63, 3.8) is 0 Å². The minimum atomic E-state index is -1.68. The lowest BCUT2D eigenvalue weighted by Crippen LogP contribution is -2.39. The summed E-state index contributed by atoms with van der Waals surface area (Å²) in [6.45, 7) is 1.08. The monoisotopic (exact) mass is 388 g/mol. The first-order valence-corrected chi connectivity index (χ1v) is 12.7. The summed E-state index contributed by atoms with van der Waals surface area (Å²) in [6, 6.07) is 34.4. The van der Waals surface area contributed by atoms with E-state index in [4.69, 9.17) is 0 Å². The smallest absolute Gasteiger partial charge is 0.113 e. The number of rotatable bonds is 7. The van der Waals surface area contributed by atoms with Crippen LogP contribution in [0.5, 0.6) is 0 Å². The van der Waals surface area contributed by atoms with Gasteiger partial charge >= 0.3 is 0 Å². The second-order valence-electron chi connectivity index (χ2n) is 7.83. The molecular formula is C26H31NP+. The zero-order valence-electron chi connectivity index (χ0n) is 16.6. The van der Waals surface area contributed by atoms with Gasteiger partial charge in [-0.3, -0.25) is 0 Å². The van der Waals surface area contributed by atoms with E-state index in [2.05, 4.69) is 96.3 Å². The topological polar surface area (TPSA) is 12.0 Å². The first kappa shape index (κ1) is 19.4. The van der Waals surface area contributed by atoms with Gasteiger partial charge in [0.15, 0.2) is 0 Å². The van der Waals surface area contributed by atoms with E-state index < -0.39 is 7.26 Å². The molecule has 28 heavy (non-hydrogen) atoms. The molecule has 0 aromatic heterocycles. The van der Waals surface area contributed by atoms with Gasteiger partial charge in [0.25, 0.3) is 0 Å². The molecule has 0 saturated heterocycles. The summed E-state index contributed by atoms with van der Waals surface area (Å²) in [5, 5.41) is 8.37. The summed E-state index contributed by atoms with van der Waals surface area (Å²) < 4.78 is 0. The molecule has 1 N–H and O–H groups in total. The molecule has 0 atom stereocenters. The van der Waals surface area contributed by atoms with Crippen molar-refractivity contribution in [2.75, 3.05) is 12.7 Å². The van der Waals surface area contributed by atoms with Gasteiger partial charge in [0.1, 0.15) is 23.2 Å². The predicted octanol–water partition coefficient (Wildman–Crippen LogP) is 4.90. The van der Waals surface area contributed by atoms with Gasteiger partial charge in [0.05, 0.1) is 6.16 Å². The van der Waals surface area contributed by atoms with Gasteiger partial charge in [-0.1, -0.05) is 73.9 Å². The maximum absolute atomic E-state index is 3.91. The van der Waals surface area contributed by atoms with Crippen LogP contribution in [0.2, 0.25) is 0 Å². The Morgan fingerprint density at radius 1 is 0.607 bits per heavy atom. The molecule has 1 nitrogen and oxygen atoms in total. The van der Waals surface area contributed by atoms with E-state index >= 15 is 0 Å². The molecule has 0 aliphatic heterocycles. The molecule has 1 saturated carbocycles. The molecule has 0 unspecified atom stereocenters. The van der Waals surface area contributed by atoms with Gasteiger partial charge in [0.2, 0.25) is 0 Å². The maximum Gasteiger partial charge on any atom is 0.113 e. The first-order chi connectivity index (χ1) is 13.9. The van der Waals surface area contributed by atoms with E-state index in [0.717, 1.165) is 6.54 Å². The van der Waals surface area contributed by atoms with E-state index in [9.17, 15) is 0 Å². The van der Waals surface area contributed by atoms with Crippen LogP contribution in [0.1, 0.15) is 32.1 Å². The highest BCUT2D eigenvalue weighted by Crippen LogP contribution is 2.54. The van der Waals surface area contributed by atoms with Gasteiger partial charge in [-0.25, -0.2) is 0 Å². The molecule has 4 rings (SSSR count). The summed E-state index contributed by atoms with van der Waals surface area (Å²) in [5.41, 5.74) is 0. The van der Waals surface area contributed by atoms with Crippen molar-refractivity contribution < 1.29 is 0 Å². The van der Waals surface area contributed by atoms with Crippen molar-refractivity contribution in [1.82, 2.24) is 5.32 Å². The van der Waals surface area contributed by atoms with Crippen molar-refractivity contribution in [1.29, 1.82) is 0 Å². The van der Waals surface area contributed by atoms with Crippen LogP contribution < -0.4 is 21.2 Å². The Bertz CT molecular complexity index is 729.